The van der Waals surface area contributed by atoms with Crippen molar-refractivity contribution >= 4 is 61.4 Å². The highest BCUT2D eigenvalue weighted by molar-refractivity contribution is 6.04. The largest absolute Gasteiger partial charge is 0.287 e. The standard InChI is InChI=1S/C69H43N7/c1-70-65-66(75-59-38-34-53(47-24-12-4-13-25-47)42-63(59)73-61-40-51(45-20-8-2-9-21-45)32-36-57(61)71-68(73)75)55(49-28-16-6-17-29-49)44-56(50-30-18-7-19-31-50)67(65)76-60-39-35-54(48-26-14-5-15-27-48)43-64(60)74-62-41-52(46-22-10-3-11-23-46)33-37-58(62)72-69(74)76/h2-44H. The molecule has 0 aliphatic heterocycles. The summed E-state index contributed by atoms with van der Waals surface area (Å²) >= 11 is 0. The van der Waals surface area contributed by atoms with Gasteiger partial charge in [0.15, 0.2) is 0 Å². The second kappa shape index (κ2) is 17.3. The van der Waals surface area contributed by atoms with Crippen LogP contribution in [-0.2, 0) is 0 Å². The molecule has 0 N–H and O–H groups in total. The lowest BCUT2D eigenvalue weighted by molar-refractivity contribution is 1.09. The summed E-state index contributed by atoms with van der Waals surface area (Å²) in [6, 6.07) is 91.7. The molecule has 0 fully saturated rings. The Morgan fingerprint density at radius 3 is 0.908 bits per heavy atom. The molecular formula is C69H43N7. The minimum atomic E-state index is 0.465. The Morgan fingerprint density at radius 1 is 0.276 bits per heavy atom. The molecule has 15 aromatic rings. The summed E-state index contributed by atoms with van der Waals surface area (Å²) in [5.74, 6) is 1.41. The normalized spacial score (nSPS) is 11.7. The summed E-state index contributed by atoms with van der Waals surface area (Å²) in [7, 11) is 0. The molecule has 0 radical (unpaired) electrons. The fourth-order valence-corrected chi connectivity index (χ4v) is 11.5. The van der Waals surface area contributed by atoms with Crippen molar-refractivity contribution in [2.45, 2.75) is 0 Å². The summed E-state index contributed by atoms with van der Waals surface area (Å²) in [5.41, 5.74) is 22.0. The van der Waals surface area contributed by atoms with Crippen LogP contribution in [0.4, 0.5) is 5.69 Å². The van der Waals surface area contributed by atoms with E-state index in [4.69, 9.17) is 14.8 Å². The van der Waals surface area contributed by atoms with Crippen molar-refractivity contribution in [3.8, 4) is 78.1 Å². The molecule has 15 rings (SSSR count). The third kappa shape index (κ3) is 6.75. The van der Waals surface area contributed by atoms with E-state index in [1.54, 1.807) is 0 Å². The molecule has 4 heterocycles. The predicted molar refractivity (Wildman–Crippen MR) is 311 cm³/mol. The maximum Gasteiger partial charge on any atom is 0.235 e. The minimum absolute atomic E-state index is 0.465. The summed E-state index contributed by atoms with van der Waals surface area (Å²) in [6.45, 7) is 9.68. The van der Waals surface area contributed by atoms with E-state index >= 15 is 0 Å². The molecule has 7 nitrogen and oxygen atoms in total. The smallest absolute Gasteiger partial charge is 0.235 e. The number of imidazole rings is 4. The molecule has 0 bridgehead atoms. The first-order valence-corrected chi connectivity index (χ1v) is 25.5. The Bertz CT molecular complexity index is 4480. The van der Waals surface area contributed by atoms with Gasteiger partial charge in [0, 0.05) is 0 Å². The summed E-state index contributed by atoms with van der Waals surface area (Å²) in [5, 5.41) is 0. The van der Waals surface area contributed by atoms with Crippen LogP contribution < -0.4 is 0 Å². The molecule has 11 aromatic carbocycles. The van der Waals surface area contributed by atoms with Crippen LogP contribution in [0.25, 0.3) is 139 Å². The molecule has 0 amide bonds. The zero-order chi connectivity index (χ0) is 50.3. The molecule has 0 aliphatic rings. The van der Waals surface area contributed by atoms with Crippen LogP contribution in [0.15, 0.2) is 261 Å². The highest BCUT2D eigenvalue weighted by atomic mass is 15.2. The number of rotatable bonds is 8. The molecule has 76 heavy (non-hydrogen) atoms. The van der Waals surface area contributed by atoms with Crippen molar-refractivity contribution in [1.82, 2.24) is 27.9 Å². The molecule has 0 aliphatic carbocycles. The van der Waals surface area contributed by atoms with E-state index in [0.717, 1.165) is 122 Å². The molecule has 354 valence electrons. The minimum Gasteiger partial charge on any atom is -0.287 e. The quantitative estimate of drug-likeness (QED) is 0.142. The molecule has 0 spiro atoms. The van der Waals surface area contributed by atoms with E-state index < -0.39 is 0 Å². The topological polar surface area (TPSA) is 48.8 Å². The van der Waals surface area contributed by atoms with Gasteiger partial charge in [-0.3, -0.25) is 17.9 Å². The number of hydrogen-bond donors (Lipinski definition) is 0. The average molecular weight is 970 g/mol. The van der Waals surface area contributed by atoms with Gasteiger partial charge < -0.3 is 0 Å². The molecule has 0 unspecified atom stereocenters. The fourth-order valence-electron chi connectivity index (χ4n) is 11.5. The van der Waals surface area contributed by atoms with Crippen LogP contribution in [0.3, 0.4) is 0 Å². The summed E-state index contributed by atoms with van der Waals surface area (Å²) in [6.07, 6.45) is 0. The van der Waals surface area contributed by atoms with Gasteiger partial charge in [0.25, 0.3) is 0 Å². The second-order valence-corrected chi connectivity index (χ2v) is 19.3. The van der Waals surface area contributed by atoms with Crippen LogP contribution in [-0.4, -0.2) is 27.9 Å². The van der Waals surface area contributed by atoms with Crippen molar-refractivity contribution in [3.05, 3.63) is 272 Å². The van der Waals surface area contributed by atoms with Gasteiger partial charge in [-0.15, -0.1) is 0 Å². The van der Waals surface area contributed by atoms with Crippen molar-refractivity contribution in [2.75, 3.05) is 0 Å². The third-order valence-electron chi connectivity index (χ3n) is 15.0. The van der Waals surface area contributed by atoms with E-state index in [1.807, 2.05) is 12.1 Å². The lowest BCUT2D eigenvalue weighted by Crippen LogP contribution is -2.06. The maximum atomic E-state index is 9.68. The molecule has 7 heteroatoms. The molecular weight excluding hydrogens is 927 g/mol. The second-order valence-electron chi connectivity index (χ2n) is 19.3. The highest BCUT2D eigenvalue weighted by Crippen LogP contribution is 2.49. The van der Waals surface area contributed by atoms with Crippen LogP contribution >= 0.6 is 0 Å². The summed E-state index contributed by atoms with van der Waals surface area (Å²) in [4.78, 5) is 15.9. The van der Waals surface area contributed by atoms with Gasteiger partial charge in [0.1, 0.15) is 0 Å². The van der Waals surface area contributed by atoms with Gasteiger partial charge in [0.05, 0.1) is 62.1 Å². The first-order valence-electron chi connectivity index (χ1n) is 25.5. The van der Waals surface area contributed by atoms with Crippen LogP contribution in [0.5, 0.6) is 0 Å². The van der Waals surface area contributed by atoms with E-state index in [1.165, 1.54) is 0 Å². The van der Waals surface area contributed by atoms with Crippen LogP contribution in [0.2, 0.25) is 0 Å². The SMILES string of the molecule is [C-]#[N+]c1c(-n2c3ccc(-c4ccccc4)cc3n3c4cc(-c5ccccc5)ccc4nc23)c(-c2ccccc2)cc(-c2ccccc2)c1-n1c2ccc(-c3ccccc3)cc2n2c3cc(-c4ccccc4)ccc3nc12. The van der Waals surface area contributed by atoms with Gasteiger partial charge in [-0.25, -0.2) is 14.8 Å². The van der Waals surface area contributed by atoms with Gasteiger partial charge in [-0.2, -0.15) is 0 Å². The Hall–Kier alpha value is -10.6. The Morgan fingerprint density at radius 2 is 0.579 bits per heavy atom. The number of benzene rings is 11. The van der Waals surface area contributed by atoms with E-state index in [9.17, 15) is 6.57 Å². The lowest BCUT2D eigenvalue weighted by Gasteiger charge is -2.22. The van der Waals surface area contributed by atoms with Gasteiger partial charge >= 0.3 is 0 Å². The molecule has 4 aromatic heterocycles. The van der Waals surface area contributed by atoms with Gasteiger partial charge in [0.2, 0.25) is 17.2 Å². The van der Waals surface area contributed by atoms with Gasteiger partial charge in [-0.05, 0) is 121 Å². The van der Waals surface area contributed by atoms with Crippen LogP contribution in [0.1, 0.15) is 0 Å². The van der Waals surface area contributed by atoms with Crippen molar-refractivity contribution < 1.29 is 0 Å². The number of aromatic nitrogens is 6. The Labute approximate surface area is 437 Å². The van der Waals surface area contributed by atoms with E-state index in [2.05, 4.69) is 267 Å². The first-order chi connectivity index (χ1) is 37.7. The van der Waals surface area contributed by atoms with E-state index in [0.29, 0.717) is 17.2 Å². The Kier molecular flexibility index (Phi) is 9.81. The number of fused-ring (bicyclic) bond motifs is 10. The number of nitrogens with zero attached hydrogens (tertiary/aromatic N) is 7. The fraction of sp³-hybridized carbons (Fsp3) is 0. The molecule has 0 saturated heterocycles. The zero-order valence-corrected chi connectivity index (χ0v) is 41.0. The monoisotopic (exact) mass is 969 g/mol. The van der Waals surface area contributed by atoms with E-state index in [-0.39, 0.29) is 0 Å². The molecule has 0 saturated carbocycles. The average Bonchev–Trinajstić information content (AvgIpc) is 4.29. The molecule has 0 atom stereocenters. The Balaban J connectivity index is 1.11. The predicted octanol–water partition coefficient (Wildman–Crippen LogP) is 17.7. The van der Waals surface area contributed by atoms with Crippen molar-refractivity contribution in [3.63, 3.8) is 0 Å². The van der Waals surface area contributed by atoms with Gasteiger partial charge in [-0.1, -0.05) is 206 Å². The first kappa shape index (κ1) is 43.1. The van der Waals surface area contributed by atoms with Crippen molar-refractivity contribution in [1.29, 1.82) is 0 Å². The van der Waals surface area contributed by atoms with Crippen LogP contribution in [0, 0.1) is 6.57 Å². The van der Waals surface area contributed by atoms with Crippen molar-refractivity contribution in [2.24, 2.45) is 0 Å². The summed E-state index contributed by atoms with van der Waals surface area (Å²) < 4.78 is 9.06. The number of hydrogen-bond acceptors (Lipinski definition) is 2. The lowest BCUT2D eigenvalue weighted by atomic mass is 9.93. The zero-order valence-electron chi connectivity index (χ0n) is 41.0. The third-order valence-corrected chi connectivity index (χ3v) is 15.0. The highest BCUT2D eigenvalue weighted by Gasteiger charge is 2.30. The maximum absolute atomic E-state index is 9.68.